The van der Waals surface area contributed by atoms with Crippen LogP contribution < -0.4 is 15.4 Å². The van der Waals surface area contributed by atoms with Crippen LogP contribution in [0.4, 0.5) is 0 Å². The highest BCUT2D eigenvalue weighted by atomic mass is 16.5. The van der Waals surface area contributed by atoms with E-state index in [1.54, 1.807) is 24.3 Å². The lowest BCUT2D eigenvalue weighted by Crippen LogP contribution is -2.40. The van der Waals surface area contributed by atoms with Gasteiger partial charge in [-0.1, -0.05) is 48.5 Å². The molecule has 2 N–H and O–H groups in total. The lowest BCUT2D eigenvalue weighted by Gasteiger charge is -2.18. The minimum Gasteiger partial charge on any atom is -0.484 e. The van der Waals surface area contributed by atoms with Crippen molar-refractivity contribution in [1.29, 1.82) is 0 Å². The van der Waals surface area contributed by atoms with Gasteiger partial charge in [-0.2, -0.15) is 0 Å². The summed E-state index contributed by atoms with van der Waals surface area (Å²) in [7, 11) is 0. The molecule has 2 atom stereocenters. The smallest absolute Gasteiger partial charge is 0.326 e. The van der Waals surface area contributed by atoms with E-state index in [0.717, 1.165) is 5.56 Å². The average Bonchev–Trinajstić information content (AvgIpc) is 2.72. The monoisotopic (exact) mass is 384 g/mol. The summed E-state index contributed by atoms with van der Waals surface area (Å²) >= 11 is 0. The molecule has 2 aromatic rings. The van der Waals surface area contributed by atoms with Crippen LogP contribution >= 0.6 is 0 Å². The molecule has 0 aliphatic heterocycles. The molecule has 0 heterocycles. The zero-order valence-corrected chi connectivity index (χ0v) is 15.9. The van der Waals surface area contributed by atoms with Crippen molar-refractivity contribution in [2.75, 3.05) is 13.2 Å². The Morgan fingerprint density at radius 2 is 1.54 bits per heavy atom. The molecule has 0 saturated heterocycles. The molecule has 0 radical (unpaired) electrons. The molecule has 0 bridgehead atoms. The second-order valence-corrected chi connectivity index (χ2v) is 6.15. The highest BCUT2D eigenvalue weighted by molar-refractivity contribution is 5.86. The van der Waals surface area contributed by atoms with Crippen LogP contribution in [0.1, 0.15) is 25.5 Å². The van der Waals surface area contributed by atoms with Crippen LogP contribution in [-0.2, 0) is 19.1 Å². The number of rotatable bonds is 9. The van der Waals surface area contributed by atoms with Gasteiger partial charge in [0.25, 0.3) is 11.8 Å². The number of esters is 1. The molecular formula is C21H24N2O5. The van der Waals surface area contributed by atoms with Gasteiger partial charge in [0.2, 0.25) is 0 Å². The van der Waals surface area contributed by atoms with Crippen molar-refractivity contribution in [3.63, 3.8) is 0 Å². The number of carbonyl (C=O) groups is 3. The first-order chi connectivity index (χ1) is 13.5. The maximum Gasteiger partial charge on any atom is 0.326 e. The largest absolute Gasteiger partial charge is 0.484 e. The number of carbonyl (C=O) groups excluding carboxylic acids is 3. The Bertz CT molecular complexity index is 780. The third-order valence-electron chi connectivity index (χ3n) is 3.88. The third-order valence-corrected chi connectivity index (χ3v) is 3.88. The van der Waals surface area contributed by atoms with E-state index < -0.39 is 23.9 Å². The first-order valence-electron chi connectivity index (χ1n) is 8.95. The number of nitrogens with one attached hydrogen (secondary N) is 2. The molecule has 0 saturated carbocycles. The summed E-state index contributed by atoms with van der Waals surface area (Å²) in [5, 5.41) is 5.17. The fourth-order valence-corrected chi connectivity index (χ4v) is 2.34. The highest BCUT2D eigenvalue weighted by Gasteiger charge is 2.20. The first-order valence-corrected chi connectivity index (χ1v) is 8.95. The Hall–Kier alpha value is -3.35. The molecular weight excluding hydrogens is 360 g/mol. The van der Waals surface area contributed by atoms with Crippen molar-refractivity contribution >= 4 is 17.8 Å². The number of para-hydroxylation sites is 1. The summed E-state index contributed by atoms with van der Waals surface area (Å²) in [5.74, 6) is -1.03. The Labute approximate surface area is 164 Å². The Morgan fingerprint density at radius 3 is 2.18 bits per heavy atom. The van der Waals surface area contributed by atoms with Crippen molar-refractivity contribution in [3.8, 4) is 5.75 Å². The van der Waals surface area contributed by atoms with Crippen LogP contribution in [-0.4, -0.2) is 37.0 Å². The molecule has 7 nitrogen and oxygen atoms in total. The fraction of sp³-hybridized carbons (Fsp3) is 0.286. The lowest BCUT2D eigenvalue weighted by atomic mass is 10.1. The van der Waals surface area contributed by atoms with Gasteiger partial charge in [0.05, 0.1) is 6.04 Å². The first kappa shape index (κ1) is 21.0. The summed E-state index contributed by atoms with van der Waals surface area (Å²) in [6, 6.07) is 18.1. The summed E-state index contributed by atoms with van der Waals surface area (Å²) in [5.41, 5.74) is 0.944. The summed E-state index contributed by atoms with van der Waals surface area (Å²) in [6.07, 6.45) is -0.976. The molecule has 0 aliphatic carbocycles. The number of hydrogen-bond acceptors (Lipinski definition) is 5. The van der Waals surface area contributed by atoms with E-state index >= 15 is 0 Å². The zero-order valence-electron chi connectivity index (χ0n) is 15.9. The maximum absolute atomic E-state index is 12.2. The van der Waals surface area contributed by atoms with Crippen LogP contribution in [0.3, 0.4) is 0 Å². The molecule has 0 aliphatic rings. The van der Waals surface area contributed by atoms with E-state index in [0.29, 0.717) is 5.75 Å². The molecule has 0 spiro atoms. The molecule has 2 rings (SSSR count). The van der Waals surface area contributed by atoms with E-state index in [2.05, 4.69) is 10.6 Å². The fourth-order valence-electron chi connectivity index (χ4n) is 2.34. The van der Waals surface area contributed by atoms with Gasteiger partial charge >= 0.3 is 5.97 Å². The second kappa shape index (κ2) is 10.7. The van der Waals surface area contributed by atoms with Crippen LogP contribution in [0.15, 0.2) is 60.7 Å². The van der Waals surface area contributed by atoms with Gasteiger partial charge < -0.3 is 20.1 Å². The predicted octanol–water partition coefficient (Wildman–Crippen LogP) is 1.99. The Balaban J connectivity index is 1.68. The van der Waals surface area contributed by atoms with Gasteiger partial charge in [-0.05, 0) is 31.5 Å². The number of amides is 2. The van der Waals surface area contributed by atoms with Gasteiger partial charge in [-0.25, -0.2) is 0 Å². The molecule has 28 heavy (non-hydrogen) atoms. The highest BCUT2D eigenvalue weighted by Crippen LogP contribution is 2.11. The molecule has 0 fully saturated rings. The van der Waals surface area contributed by atoms with Gasteiger partial charge in [-0.15, -0.1) is 0 Å². The van der Waals surface area contributed by atoms with Gasteiger partial charge in [0.1, 0.15) is 12.3 Å². The zero-order chi connectivity index (χ0) is 20.4. The van der Waals surface area contributed by atoms with E-state index in [4.69, 9.17) is 9.47 Å². The van der Waals surface area contributed by atoms with Crippen LogP contribution in [0.25, 0.3) is 0 Å². The van der Waals surface area contributed by atoms with Gasteiger partial charge in [0.15, 0.2) is 12.7 Å². The molecule has 7 heteroatoms. The van der Waals surface area contributed by atoms with Crippen LogP contribution in [0.5, 0.6) is 5.75 Å². The summed E-state index contributed by atoms with van der Waals surface area (Å²) < 4.78 is 10.3. The number of hydrogen-bond donors (Lipinski definition) is 2. The lowest BCUT2D eigenvalue weighted by molar-refractivity contribution is -0.154. The predicted molar refractivity (Wildman–Crippen MR) is 104 cm³/mol. The molecule has 2 aromatic carbocycles. The molecule has 148 valence electrons. The van der Waals surface area contributed by atoms with Crippen LogP contribution in [0.2, 0.25) is 0 Å². The topological polar surface area (TPSA) is 93.7 Å². The average molecular weight is 384 g/mol. The van der Waals surface area contributed by atoms with Crippen molar-refractivity contribution in [3.05, 3.63) is 66.2 Å². The van der Waals surface area contributed by atoms with E-state index in [1.807, 2.05) is 43.3 Å². The normalized spacial score (nSPS) is 12.4. The minimum atomic E-state index is -0.976. The second-order valence-electron chi connectivity index (χ2n) is 6.15. The Kier molecular flexibility index (Phi) is 8.02. The third kappa shape index (κ3) is 7.11. The van der Waals surface area contributed by atoms with Crippen molar-refractivity contribution < 1.29 is 23.9 Å². The molecule has 2 amide bonds. The van der Waals surface area contributed by atoms with E-state index in [-0.39, 0.29) is 19.2 Å². The van der Waals surface area contributed by atoms with Crippen LogP contribution in [0, 0.1) is 0 Å². The number of benzene rings is 2. The van der Waals surface area contributed by atoms with Crippen molar-refractivity contribution in [2.24, 2.45) is 0 Å². The molecule has 0 aromatic heterocycles. The van der Waals surface area contributed by atoms with Crippen molar-refractivity contribution in [1.82, 2.24) is 10.6 Å². The van der Waals surface area contributed by atoms with Gasteiger partial charge in [0, 0.05) is 0 Å². The number of ether oxygens (including phenoxy) is 2. The van der Waals surface area contributed by atoms with Gasteiger partial charge in [-0.3, -0.25) is 14.4 Å². The van der Waals surface area contributed by atoms with E-state index in [1.165, 1.54) is 6.92 Å². The summed E-state index contributed by atoms with van der Waals surface area (Å²) in [4.78, 5) is 35.7. The minimum absolute atomic E-state index is 0.218. The quantitative estimate of drug-likeness (QED) is 0.645. The maximum atomic E-state index is 12.2. The SMILES string of the molecule is CC(OC(=O)CNC(=O)COc1ccccc1)C(=O)NC(C)c1ccccc1. The molecule has 2 unspecified atom stereocenters. The standard InChI is InChI=1S/C21H24N2O5/c1-15(17-9-5-3-6-10-17)23-21(26)16(2)28-20(25)13-22-19(24)14-27-18-11-7-4-8-12-18/h3-12,15-16H,13-14H2,1-2H3,(H,22,24)(H,23,26). The Morgan fingerprint density at radius 1 is 0.929 bits per heavy atom. The summed E-state index contributed by atoms with van der Waals surface area (Å²) in [6.45, 7) is 2.75. The van der Waals surface area contributed by atoms with Crippen molar-refractivity contribution in [2.45, 2.75) is 26.0 Å². The van der Waals surface area contributed by atoms with E-state index in [9.17, 15) is 14.4 Å².